The largest absolute Gasteiger partial charge is 0.468 e. The summed E-state index contributed by atoms with van der Waals surface area (Å²) in [5.74, 6) is -0.670. The minimum absolute atomic E-state index is 0.0861. The van der Waals surface area contributed by atoms with E-state index in [4.69, 9.17) is 4.42 Å². The van der Waals surface area contributed by atoms with Crippen molar-refractivity contribution < 1.29 is 14.0 Å². The van der Waals surface area contributed by atoms with Gasteiger partial charge in [-0.05, 0) is 70.0 Å². The molecule has 3 N–H and O–H groups in total. The molecule has 194 valence electrons. The van der Waals surface area contributed by atoms with Gasteiger partial charge in [0, 0.05) is 17.1 Å². The molecule has 2 amide bonds. The molecule has 0 bridgehead atoms. The molecule has 0 unspecified atom stereocenters. The second-order valence-corrected chi connectivity index (χ2v) is 10.4. The molecule has 0 radical (unpaired) electrons. The third-order valence-electron chi connectivity index (χ3n) is 6.32. The summed E-state index contributed by atoms with van der Waals surface area (Å²) < 4.78 is 5.69. The standard InChI is InChI=1S/C30H30N4O3S/c1-17-8-10-22(11-9-17)33-25(35)16-38-30-23(15-31)27(24-7-6-12-37-24)26(21(5)32-30)29(36)34-28-19(3)13-18(2)14-20(28)4/h6-14,27,32H,16H2,1-5H3,(H,33,35)(H,34,36)/t27-/m0/s1. The first kappa shape index (κ1) is 26.8. The first-order chi connectivity index (χ1) is 18.2. The zero-order valence-corrected chi connectivity index (χ0v) is 22.9. The van der Waals surface area contributed by atoms with Gasteiger partial charge in [-0.15, -0.1) is 0 Å². The predicted molar refractivity (Wildman–Crippen MR) is 151 cm³/mol. The molecular formula is C30H30N4O3S. The highest BCUT2D eigenvalue weighted by molar-refractivity contribution is 8.03. The number of carbonyl (C=O) groups is 2. The Labute approximate surface area is 227 Å². The van der Waals surface area contributed by atoms with E-state index in [1.54, 1.807) is 19.1 Å². The van der Waals surface area contributed by atoms with Gasteiger partial charge in [0.2, 0.25) is 5.91 Å². The van der Waals surface area contributed by atoms with Gasteiger partial charge in [-0.1, -0.05) is 47.2 Å². The summed E-state index contributed by atoms with van der Waals surface area (Å²) in [6.07, 6.45) is 1.52. The molecule has 2 aromatic carbocycles. The Morgan fingerprint density at radius 3 is 2.29 bits per heavy atom. The normalized spacial score (nSPS) is 15.1. The predicted octanol–water partition coefficient (Wildman–Crippen LogP) is 6.22. The van der Waals surface area contributed by atoms with Crippen molar-refractivity contribution in [2.75, 3.05) is 16.4 Å². The van der Waals surface area contributed by atoms with E-state index < -0.39 is 5.92 Å². The van der Waals surface area contributed by atoms with Crippen LogP contribution in [0.25, 0.3) is 0 Å². The van der Waals surface area contributed by atoms with E-state index in [-0.39, 0.29) is 17.6 Å². The Bertz CT molecular complexity index is 1460. The summed E-state index contributed by atoms with van der Waals surface area (Å²) in [7, 11) is 0. The average Bonchev–Trinajstić information content (AvgIpc) is 3.40. The van der Waals surface area contributed by atoms with E-state index in [1.807, 2.05) is 64.1 Å². The lowest BCUT2D eigenvalue weighted by Crippen LogP contribution is -2.31. The number of dihydropyridines is 1. The number of hydrogen-bond donors (Lipinski definition) is 3. The van der Waals surface area contributed by atoms with Crippen LogP contribution in [0.3, 0.4) is 0 Å². The molecule has 3 aromatic rings. The molecule has 1 aromatic heterocycles. The van der Waals surface area contributed by atoms with Crippen LogP contribution in [0.1, 0.15) is 40.9 Å². The second-order valence-electron chi connectivity index (χ2n) is 9.40. The van der Waals surface area contributed by atoms with E-state index in [1.165, 1.54) is 18.0 Å². The van der Waals surface area contributed by atoms with E-state index in [0.29, 0.717) is 33.3 Å². The van der Waals surface area contributed by atoms with Gasteiger partial charge in [-0.3, -0.25) is 9.59 Å². The van der Waals surface area contributed by atoms with Crippen LogP contribution >= 0.6 is 11.8 Å². The Hall–Kier alpha value is -4.22. The smallest absolute Gasteiger partial charge is 0.254 e. The number of anilines is 2. The van der Waals surface area contributed by atoms with Gasteiger partial charge in [-0.2, -0.15) is 5.26 Å². The van der Waals surface area contributed by atoms with Crippen LogP contribution in [0.4, 0.5) is 11.4 Å². The molecule has 0 spiro atoms. The highest BCUT2D eigenvalue weighted by atomic mass is 32.2. The summed E-state index contributed by atoms with van der Waals surface area (Å²) in [5.41, 5.74) is 6.89. The van der Waals surface area contributed by atoms with Crippen LogP contribution in [-0.2, 0) is 9.59 Å². The first-order valence-corrected chi connectivity index (χ1v) is 13.2. The molecule has 0 aliphatic carbocycles. The molecule has 0 saturated carbocycles. The lowest BCUT2D eigenvalue weighted by Gasteiger charge is -2.28. The molecule has 4 rings (SSSR count). The fourth-order valence-corrected chi connectivity index (χ4v) is 5.49. The van der Waals surface area contributed by atoms with Crippen LogP contribution in [0, 0.1) is 39.0 Å². The number of furan rings is 1. The monoisotopic (exact) mass is 526 g/mol. The van der Waals surface area contributed by atoms with Gasteiger partial charge in [0.1, 0.15) is 5.76 Å². The fourth-order valence-electron chi connectivity index (χ4n) is 4.60. The van der Waals surface area contributed by atoms with Gasteiger partial charge in [0.05, 0.1) is 40.2 Å². The van der Waals surface area contributed by atoms with Gasteiger partial charge < -0.3 is 20.4 Å². The zero-order chi connectivity index (χ0) is 27.4. The Kier molecular flexibility index (Phi) is 8.08. The van der Waals surface area contributed by atoms with E-state index >= 15 is 0 Å². The summed E-state index contributed by atoms with van der Waals surface area (Å²) in [5, 5.41) is 19.9. The number of amides is 2. The van der Waals surface area contributed by atoms with Crippen LogP contribution in [0.2, 0.25) is 0 Å². The van der Waals surface area contributed by atoms with Crippen molar-refractivity contribution >= 4 is 35.0 Å². The van der Waals surface area contributed by atoms with Crippen molar-refractivity contribution in [1.29, 1.82) is 5.26 Å². The molecule has 38 heavy (non-hydrogen) atoms. The summed E-state index contributed by atoms with van der Waals surface area (Å²) >= 11 is 1.22. The number of nitriles is 1. The third kappa shape index (κ3) is 5.84. The lowest BCUT2D eigenvalue weighted by molar-refractivity contribution is -0.114. The number of nitrogens with one attached hydrogen (secondary N) is 3. The fraction of sp³-hybridized carbons (Fsp3) is 0.233. The molecule has 0 saturated heterocycles. The van der Waals surface area contributed by atoms with Crippen molar-refractivity contribution in [3.8, 4) is 6.07 Å². The Morgan fingerprint density at radius 1 is 1.00 bits per heavy atom. The minimum atomic E-state index is -0.718. The van der Waals surface area contributed by atoms with Crippen LogP contribution < -0.4 is 16.0 Å². The minimum Gasteiger partial charge on any atom is -0.468 e. The van der Waals surface area contributed by atoms with Gasteiger partial charge in [0.25, 0.3) is 5.91 Å². The molecule has 1 aliphatic heterocycles. The van der Waals surface area contributed by atoms with Gasteiger partial charge in [-0.25, -0.2) is 0 Å². The number of nitrogens with zero attached hydrogens (tertiary/aromatic N) is 1. The Balaban J connectivity index is 1.60. The molecule has 2 heterocycles. The van der Waals surface area contributed by atoms with Crippen molar-refractivity contribution in [1.82, 2.24) is 5.32 Å². The summed E-state index contributed by atoms with van der Waals surface area (Å²) in [6, 6.07) is 17.3. The zero-order valence-electron chi connectivity index (χ0n) is 22.1. The molecule has 1 aliphatic rings. The third-order valence-corrected chi connectivity index (χ3v) is 7.34. The van der Waals surface area contributed by atoms with Crippen LogP contribution in [-0.4, -0.2) is 17.6 Å². The topological polar surface area (TPSA) is 107 Å². The number of rotatable bonds is 7. The number of thioether (sulfide) groups is 1. The molecule has 0 fully saturated rings. The highest BCUT2D eigenvalue weighted by Crippen LogP contribution is 2.41. The second kappa shape index (κ2) is 11.4. The van der Waals surface area contributed by atoms with Crippen molar-refractivity contribution in [2.45, 2.75) is 40.5 Å². The van der Waals surface area contributed by atoms with E-state index in [2.05, 4.69) is 22.0 Å². The SMILES string of the molecule is CC1=C(C(=O)Nc2c(C)cc(C)cc2C)[C@H](c2ccco2)C(C#N)=C(SCC(=O)Nc2ccc(C)cc2)N1. The lowest BCUT2D eigenvalue weighted by atomic mass is 9.85. The van der Waals surface area contributed by atoms with Crippen LogP contribution in [0.5, 0.6) is 0 Å². The summed E-state index contributed by atoms with van der Waals surface area (Å²) in [4.78, 5) is 26.3. The number of aryl methyl sites for hydroxylation is 4. The van der Waals surface area contributed by atoms with Crippen molar-refractivity contribution in [3.05, 3.63) is 105 Å². The van der Waals surface area contributed by atoms with Crippen molar-refractivity contribution in [3.63, 3.8) is 0 Å². The quantitative estimate of drug-likeness (QED) is 0.337. The maximum atomic E-state index is 13.7. The van der Waals surface area contributed by atoms with E-state index in [9.17, 15) is 14.9 Å². The maximum Gasteiger partial charge on any atom is 0.254 e. The average molecular weight is 527 g/mol. The van der Waals surface area contributed by atoms with Gasteiger partial charge >= 0.3 is 0 Å². The first-order valence-electron chi connectivity index (χ1n) is 12.2. The van der Waals surface area contributed by atoms with Crippen LogP contribution in [0.15, 0.2) is 81.1 Å². The molecular weight excluding hydrogens is 496 g/mol. The number of allylic oxidation sites excluding steroid dienone is 2. The highest BCUT2D eigenvalue weighted by Gasteiger charge is 2.36. The number of benzene rings is 2. The molecule has 8 heteroatoms. The number of hydrogen-bond acceptors (Lipinski definition) is 6. The number of carbonyl (C=O) groups excluding carboxylic acids is 2. The van der Waals surface area contributed by atoms with Crippen molar-refractivity contribution in [2.24, 2.45) is 0 Å². The Morgan fingerprint density at radius 2 is 1.68 bits per heavy atom. The molecule has 1 atom stereocenters. The van der Waals surface area contributed by atoms with Gasteiger partial charge in [0.15, 0.2) is 0 Å². The molecule has 7 nitrogen and oxygen atoms in total. The van der Waals surface area contributed by atoms with E-state index in [0.717, 1.165) is 27.9 Å². The maximum absolute atomic E-state index is 13.7. The summed E-state index contributed by atoms with van der Waals surface area (Å²) in [6.45, 7) is 9.70.